The smallest absolute Gasteiger partial charge is 0.122 e. The van der Waals surface area contributed by atoms with Gasteiger partial charge < -0.3 is 10.5 Å². The Hall–Kier alpha value is 0.130. The Kier molecular flexibility index (Phi) is 6.64. The number of ether oxygens (including phenoxy) is 1. The van der Waals surface area contributed by atoms with E-state index in [9.17, 15) is 0 Å². The van der Waals surface area contributed by atoms with Crippen molar-refractivity contribution in [3.05, 3.63) is 16.1 Å². The molecule has 14 heavy (non-hydrogen) atoms. The zero-order chi connectivity index (χ0) is 8.39. The van der Waals surface area contributed by atoms with Crippen LogP contribution in [0.1, 0.15) is 29.6 Å². The van der Waals surface area contributed by atoms with Crippen molar-refractivity contribution in [2.24, 2.45) is 5.73 Å². The summed E-state index contributed by atoms with van der Waals surface area (Å²) in [5.41, 5.74) is 6.44. The molecule has 1 aliphatic rings. The summed E-state index contributed by atoms with van der Waals surface area (Å²) in [7, 11) is 0. The normalized spacial score (nSPS) is 19.9. The Morgan fingerprint density at radius 2 is 2.36 bits per heavy atom. The molecule has 0 spiro atoms. The third-order valence-corrected chi connectivity index (χ3v) is 2.97. The van der Waals surface area contributed by atoms with Crippen molar-refractivity contribution in [2.75, 3.05) is 6.61 Å². The maximum Gasteiger partial charge on any atom is 0.122 e. The van der Waals surface area contributed by atoms with E-state index in [-0.39, 0.29) is 30.9 Å². The lowest BCUT2D eigenvalue weighted by atomic mass is 10.2. The van der Waals surface area contributed by atoms with Gasteiger partial charge in [-0.3, -0.25) is 0 Å². The van der Waals surface area contributed by atoms with Crippen molar-refractivity contribution in [1.29, 1.82) is 0 Å². The lowest BCUT2D eigenvalue weighted by Crippen LogP contribution is -1.99. The van der Waals surface area contributed by atoms with E-state index in [1.54, 1.807) is 11.3 Å². The van der Waals surface area contributed by atoms with Crippen molar-refractivity contribution in [2.45, 2.75) is 25.5 Å². The van der Waals surface area contributed by atoms with Crippen LogP contribution >= 0.6 is 36.2 Å². The largest absolute Gasteiger partial charge is 0.371 e. The molecule has 82 valence electrons. The molecule has 1 aromatic heterocycles. The summed E-state index contributed by atoms with van der Waals surface area (Å²) in [5, 5.41) is 3.10. The van der Waals surface area contributed by atoms with Crippen LogP contribution in [0.2, 0.25) is 0 Å². The SMILES string of the molecule is Cl.Cl.NCc1csc(C2CCCO2)n1. The molecule has 1 aromatic rings. The fraction of sp³-hybridized carbons (Fsp3) is 0.625. The maximum absolute atomic E-state index is 5.50. The summed E-state index contributed by atoms with van der Waals surface area (Å²) in [5.74, 6) is 0. The third-order valence-electron chi connectivity index (χ3n) is 1.98. The highest BCUT2D eigenvalue weighted by molar-refractivity contribution is 7.09. The van der Waals surface area contributed by atoms with E-state index >= 15 is 0 Å². The van der Waals surface area contributed by atoms with Crippen molar-refractivity contribution in [3.8, 4) is 0 Å². The minimum absolute atomic E-state index is 0. The average molecular weight is 257 g/mol. The van der Waals surface area contributed by atoms with Gasteiger partial charge in [-0.15, -0.1) is 36.2 Å². The number of hydrogen-bond acceptors (Lipinski definition) is 4. The van der Waals surface area contributed by atoms with Crippen molar-refractivity contribution in [3.63, 3.8) is 0 Å². The Morgan fingerprint density at radius 3 is 2.86 bits per heavy atom. The van der Waals surface area contributed by atoms with Crippen LogP contribution in [-0.2, 0) is 11.3 Å². The van der Waals surface area contributed by atoms with Gasteiger partial charge in [0.2, 0.25) is 0 Å². The molecule has 0 radical (unpaired) electrons. The van der Waals surface area contributed by atoms with E-state index in [2.05, 4.69) is 4.98 Å². The summed E-state index contributed by atoms with van der Waals surface area (Å²) < 4.78 is 5.50. The summed E-state index contributed by atoms with van der Waals surface area (Å²) in [6.45, 7) is 1.41. The lowest BCUT2D eigenvalue weighted by Gasteiger charge is -2.03. The lowest BCUT2D eigenvalue weighted by molar-refractivity contribution is 0.111. The highest BCUT2D eigenvalue weighted by Crippen LogP contribution is 2.30. The first-order valence-electron chi connectivity index (χ1n) is 4.16. The highest BCUT2D eigenvalue weighted by atomic mass is 35.5. The Morgan fingerprint density at radius 1 is 1.57 bits per heavy atom. The predicted octanol–water partition coefficient (Wildman–Crippen LogP) is 2.30. The van der Waals surface area contributed by atoms with Crippen LogP contribution in [0.4, 0.5) is 0 Å². The van der Waals surface area contributed by atoms with Gasteiger partial charge >= 0.3 is 0 Å². The second-order valence-electron chi connectivity index (χ2n) is 2.88. The summed E-state index contributed by atoms with van der Waals surface area (Å²) in [4.78, 5) is 4.38. The summed E-state index contributed by atoms with van der Waals surface area (Å²) >= 11 is 1.66. The number of hydrogen-bond donors (Lipinski definition) is 1. The van der Waals surface area contributed by atoms with E-state index in [0.717, 1.165) is 30.2 Å². The molecule has 1 atom stereocenters. The number of aromatic nitrogens is 1. The van der Waals surface area contributed by atoms with Gasteiger partial charge in [0.15, 0.2) is 0 Å². The minimum Gasteiger partial charge on any atom is -0.371 e. The van der Waals surface area contributed by atoms with Gasteiger partial charge in [-0.1, -0.05) is 0 Å². The van der Waals surface area contributed by atoms with E-state index in [4.69, 9.17) is 10.5 Å². The molecular formula is C8H14Cl2N2OS. The number of nitrogens with zero attached hydrogens (tertiary/aromatic N) is 1. The van der Waals surface area contributed by atoms with E-state index in [1.807, 2.05) is 5.38 Å². The molecule has 0 aromatic carbocycles. The molecule has 0 bridgehead atoms. The van der Waals surface area contributed by atoms with Crippen molar-refractivity contribution < 1.29 is 4.74 Å². The van der Waals surface area contributed by atoms with Gasteiger partial charge in [0.25, 0.3) is 0 Å². The van der Waals surface area contributed by atoms with Crippen LogP contribution in [0.3, 0.4) is 0 Å². The van der Waals surface area contributed by atoms with Gasteiger partial charge in [-0.25, -0.2) is 4.98 Å². The summed E-state index contributed by atoms with van der Waals surface area (Å²) in [6.07, 6.45) is 2.51. The first-order valence-corrected chi connectivity index (χ1v) is 5.04. The molecule has 2 heterocycles. The number of thiazole rings is 1. The first kappa shape index (κ1) is 14.1. The topological polar surface area (TPSA) is 48.1 Å². The standard InChI is InChI=1S/C8H12N2OS.2ClH/c9-4-6-5-12-8(10-6)7-2-1-3-11-7;;/h5,7H,1-4,9H2;2*1H. The van der Waals surface area contributed by atoms with Gasteiger partial charge in [0.1, 0.15) is 11.1 Å². The van der Waals surface area contributed by atoms with E-state index < -0.39 is 0 Å². The van der Waals surface area contributed by atoms with Crippen LogP contribution in [0, 0.1) is 0 Å². The fourth-order valence-electron chi connectivity index (χ4n) is 1.34. The van der Waals surface area contributed by atoms with Crippen LogP contribution in [0.5, 0.6) is 0 Å². The van der Waals surface area contributed by atoms with E-state index in [1.165, 1.54) is 0 Å². The van der Waals surface area contributed by atoms with Gasteiger partial charge in [-0.05, 0) is 12.8 Å². The Labute approximate surface area is 99.9 Å². The monoisotopic (exact) mass is 256 g/mol. The predicted molar refractivity (Wildman–Crippen MR) is 62.4 cm³/mol. The van der Waals surface area contributed by atoms with Gasteiger partial charge in [0, 0.05) is 18.5 Å². The number of halogens is 2. The maximum atomic E-state index is 5.50. The van der Waals surface area contributed by atoms with Crippen molar-refractivity contribution in [1.82, 2.24) is 4.98 Å². The third kappa shape index (κ3) is 3.07. The van der Waals surface area contributed by atoms with Crippen LogP contribution in [-0.4, -0.2) is 11.6 Å². The molecule has 3 nitrogen and oxygen atoms in total. The molecule has 1 aliphatic heterocycles. The molecule has 0 aliphatic carbocycles. The summed E-state index contributed by atoms with van der Waals surface area (Å²) in [6, 6.07) is 0. The fourth-order valence-corrected chi connectivity index (χ4v) is 2.25. The van der Waals surface area contributed by atoms with Crippen LogP contribution in [0.15, 0.2) is 5.38 Å². The molecule has 1 unspecified atom stereocenters. The first-order chi connectivity index (χ1) is 5.90. The Bertz CT molecular complexity index is 264. The van der Waals surface area contributed by atoms with E-state index in [0.29, 0.717) is 6.54 Å². The molecule has 1 fully saturated rings. The van der Waals surface area contributed by atoms with Crippen molar-refractivity contribution >= 4 is 36.2 Å². The Balaban J connectivity index is 0.000000845. The van der Waals surface area contributed by atoms with Gasteiger partial charge in [0.05, 0.1) is 5.69 Å². The van der Waals surface area contributed by atoms with Crippen LogP contribution < -0.4 is 5.73 Å². The minimum atomic E-state index is 0. The quantitative estimate of drug-likeness (QED) is 0.884. The molecule has 0 saturated carbocycles. The zero-order valence-electron chi connectivity index (χ0n) is 7.64. The molecule has 2 N–H and O–H groups in total. The zero-order valence-corrected chi connectivity index (χ0v) is 10.1. The average Bonchev–Trinajstić information content (AvgIpc) is 2.75. The molecular weight excluding hydrogens is 243 g/mol. The number of nitrogens with two attached hydrogens (primary N) is 1. The molecule has 0 amide bonds. The molecule has 6 heteroatoms. The van der Waals surface area contributed by atoms with Crippen LogP contribution in [0.25, 0.3) is 0 Å². The molecule has 2 rings (SSSR count). The number of rotatable bonds is 2. The molecule has 1 saturated heterocycles. The second kappa shape index (κ2) is 6.58. The van der Waals surface area contributed by atoms with Gasteiger partial charge in [-0.2, -0.15) is 0 Å². The second-order valence-corrected chi connectivity index (χ2v) is 3.77. The highest BCUT2D eigenvalue weighted by Gasteiger charge is 2.20.